The van der Waals surface area contributed by atoms with Gasteiger partial charge in [0.1, 0.15) is 5.82 Å². The van der Waals surface area contributed by atoms with E-state index in [9.17, 15) is 14.0 Å². The standard InChI is InChI=1S/C22H24FN3O2/c1-16(27)26(11-9-18-15-25-21-8-3-2-7-20(18)21)12-10-24-22(28)14-17-5-4-6-19(23)13-17/h2-8,13,15,25H,9-12,14H2,1H3,(H,24,28). The number of aromatic nitrogens is 1. The first-order valence-corrected chi connectivity index (χ1v) is 9.34. The van der Waals surface area contributed by atoms with Crippen LogP contribution < -0.4 is 5.32 Å². The number of amides is 2. The topological polar surface area (TPSA) is 65.2 Å². The maximum atomic E-state index is 13.2. The molecular weight excluding hydrogens is 357 g/mol. The molecular formula is C22H24FN3O2. The van der Waals surface area contributed by atoms with E-state index in [-0.39, 0.29) is 24.1 Å². The minimum Gasteiger partial charge on any atom is -0.361 e. The van der Waals surface area contributed by atoms with Crippen LogP contribution in [0.3, 0.4) is 0 Å². The minimum absolute atomic E-state index is 0.0285. The summed E-state index contributed by atoms with van der Waals surface area (Å²) in [6, 6.07) is 14.1. The molecule has 1 heterocycles. The number of aromatic amines is 1. The van der Waals surface area contributed by atoms with E-state index in [4.69, 9.17) is 0 Å². The fourth-order valence-corrected chi connectivity index (χ4v) is 3.25. The Bertz CT molecular complexity index is 967. The summed E-state index contributed by atoms with van der Waals surface area (Å²) in [6.45, 7) is 2.91. The van der Waals surface area contributed by atoms with Crippen LogP contribution in [0.4, 0.5) is 4.39 Å². The van der Waals surface area contributed by atoms with E-state index in [1.54, 1.807) is 17.0 Å². The highest BCUT2D eigenvalue weighted by Crippen LogP contribution is 2.18. The molecule has 0 aliphatic heterocycles. The Morgan fingerprint density at radius 3 is 2.71 bits per heavy atom. The third-order valence-electron chi connectivity index (χ3n) is 4.73. The first-order valence-electron chi connectivity index (χ1n) is 9.34. The van der Waals surface area contributed by atoms with Crippen LogP contribution in [0.2, 0.25) is 0 Å². The van der Waals surface area contributed by atoms with Crippen LogP contribution in [0.25, 0.3) is 10.9 Å². The monoisotopic (exact) mass is 381 g/mol. The van der Waals surface area contributed by atoms with Gasteiger partial charge in [-0.25, -0.2) is 4.39 Å². The van der Waals surface area contributed by atoms with Crippen molar-refractivity contribution in [3.8, 4) is 0 Å². The number of halogens is 1. The van der Waals surface area contributed by atoms with E-state index >= 15 is 0 Å². The van der Waals surface area contributed by atoms with Crippen LogP contribution in [-0.2, 0) is 22.4 Å². The van der Waals surface area contributed by atoms with Gasteiger partial charge < -0.3 is 15.2 Å². The highest BCUT2D eigenvalue weighted by molar-refractivity contribution is 5.83. The summed E-state index contributed by atoms with van der Waals surface area (Å²) in [5.74, 6) is -0.574. The quantitative estimate of drug-likeness (QED) is 0.630. The van der Waals surface area contributed by atoms with Gasteiger partial charge in [-0.3, -0.25) is 9.59 Å². The molecule has 0 atom stereocenters. The van der Waals surface area contributed by atoms with E-state index in [0.29, 0.717) is 25.2 Å². The second-order valence-electron chi connectivity index (χ2n) is 6.77. The number of hydrogen-bond acceptors (Lipinski definition) is 2. The van der Waals surface area contributed by atoms with Crippen molar-refractivity contribution in [2.45, 2.75) is 19.8 Å². The minimum atomic E-state index is -0.356. The number of carbonyl (C=O) groups is 2. The number of fused-ring (bicyclic) bond motifs is 1. The molecule has 0 aliphatic rings. The molecule has 2 amide bonds. The summed E-state index contributed by atoms with van der Waals surface area (Å²) >= 11 is 0. The fraction of sp³-hybridized carbons (Fsp3) is 0.273. The molecule has 0 saturated carbocycles. The largest absolute Gasteiger partial charge is 0.361 e. The Morgan fingerprint density at radius 2 is 1.93 bits per heavy atom. The van der Waals surface area contributed by atoms with Crippen molar-refractivity contribution in [3.05, 3.63) is 71.7 Å². The first kappa shape index (κ1) is 19.6. The lowest BCUT2D eigenvalue weighted by atomic mass is 10.1. The fourth-order valence-electron chi connectivity index (χ4n) is 3.25. The van der Waals surface area contributed by atoms with Crippen molar-refractivity contribution < 1.29 is 14.0 Å². The molecule has 0 radical (unpaired) electrons. The summed E-state index contributed by atoms with van der Waals surface area (Å²) in [4.78, 5) is 28.9. The lowest BCUT2D eigenvalue weighted by molar-refractivity contribution is -0.129. The summed E-state index contributed by atoms with van der Waals surface area (Å²) in [7, 11) is 0. The summed E-state index contributed by atoms with van der Waals surface area (Å²) < 4.78 is 13.2. The summed E-state index contributed by atoms with van der Waals surface area (Å²) in [5.41, 5.74) is 2.87. The Labute approximate surface area is 163 Å². The zero-order valence-corrected chi connectivity index (χ0v) is 15.9. The molecule has 2 aromatic carbocycles. The van der Waals surface area contributed by atoms with Crippen LogP contribution in [0.1, 0.15) is 18.1 Å². The van der Waals surface area contributed by atoms with Gasteiger partial charge in [-0.05, 0) is 35.7 Å². The van der Waals surface area contributed by atoms with Gasteiger partial charge in [-0.15, -0.1) is 0 Å². The van der Waals surface area contributed by atoms with E-state index in [2.05, 4.69) is 16.4 Å². The van der Waals surface area contributed by atoms with E-state index < -0.39 is 0 Å². The van der Waals surface area contributed by atoms with Crippen LogP contribution in [-0.4, -0.2) is 41.3 Å². The molecule has 5 nitrogen and oxygen atoms in total. The van der Waals surface area contributed by atoms with Crippen LogP contribution in [0.5, 0.6) is 0 Å². The zero-order chi connectivity index (χ0) is 19.9. The number of nitrogens with zero attached hydrogens (tertiary/aromatic N) is 1. The molecule has 3 aromatic rings. The number of para-hydroxylation sites is 1. The van der Waals surface area contributed by atoms with Gasteiger partial charge in [-0.1, -0.05) is 30.3 Å². The Balaban J connectivity index is 1.48. The summed E-state index contributed by atoms with van der Waals surface area (Å²) in [6.07, 6.45) is 2.83. The second-order valence-corrected chi connectivity index (χ2v) is 6.77. The molecule has 3 rings (SSSR count). The molecule has 2 N–H and O–H groups in total. The highest BCUT2D eigenvalue weighted by atomic mass is 19.1. The maximum Gasteiger partial charge on any atom is 0.224 e. The van der Waals surface area contributed by atoms with Gasteiger partial charge in [0.2, 0.25) is 11.8 Å². The summed E-state index contributed by atoms with van der Waals surface area (Å²) in [5, 5.41) is 3.96. The van der Waals surface area contributed by atoms with E-state index in [1.165, 1.54) is 19.1 Å². The average Bonchev–Trinajstić information content (AvgIpc) is 3.07. The molecule has 0 unspecified atom stereocenters. The third kappa shape index (κ3) is 5.19. The molecule has 146 valence electrons. The Hall–Kier alpha value is -3.15. The van der Waals surface area contributed by atoms with E-state index in [1.807, 2.05) is 24.4 Å². The van der Waals surface area contributed by atoms with Crippen molar-refractivity contribution >= 4 is 22.7 Å². The zero-order valence-electron chi connectivity index (χ0n) is 15.9. The number of carbonyl (C=O) groups excluding carboxylic acids is 2. The maximum absolute atomic E-state index is 13.2. The van der Waals surface area contributed by atoms with Crippen molar-refractivity contribution in [1.82, 2.24) is 15.2 Å². The van der Waals surface area contributed by atoms with Crippen molar-refractivity contribution in [2.24, 2.45) is 0 Å². The van der Waals surface area contributed by atoms with Gasteiger partial charge >= 0.3 is 0 Å². The van der Waals surface area contributed by atoms with Crippen molar-refractivity contribution in [3.63, 3.8) is 0 Å². The lowest BCUT2D eigenvalue weighted by Gasteiger charge is -2.21. The Morgan fingerprint density at radius 1 is 1.11 bits per heavy atom. The van der Waals surface area contributed by atoms with Gasteiger partial charge in [-0.2, -0.15) is 0 Å². The van der Waals surface area contributed by atoms with Crippen molar-refractivity contribution in [1.29, 1.82) is 0 Å². The molecule has 6 heteroatoms. The molecule has 0 aliphatic carbocycles. The molecule has 1 aromatic heterocycles. The van der Waals surface area contributed by atoms with Gasteiger partial charge in [0.15, 0.2) is 0 Å². The predicted molar refractivity (Wildman–Crippen MR) is 107 cm³/mol. The highest BCUT2D eigenvalue weighted by Gasteiger charge is 2.11. The lowest BCUT2D eigenvalue weighted by Crippen LogP contribution is -2.39. The number of nitrogens with one attached hydrogen (secondary N) is 2. The van der Waals surface area contributed by atoms with E-state index in [0.717, 1.165) is 22.9 Å². The average molecular weight is 381 g/mol. The van der Waals surface area contributed by atoms with Gasteiger partial charge in [0.05, 0.1) is 6.42 Å². The SMILES string of the molecule is CC(=O)N(CCNC(=O)Cc1cccc(F)c1)CCc1c[nH]c2ccccc12. The molecule has 28 heavy (non-hydrogen) atoms. The van der Waals surface area contributed by atoms with Crippen LogP contribution in [0, 0.1) is 5.82 Å². The molecule has 0 bridgehead atoms. The van der Waals surface area contributed by atoms with Crippen LogP contribution in [0.15, 0.2) is 54.7 Å². The number of hydrogen-bond donors (Lipinski definition) is 2. The predicted octanol–water partition coefficient (Wildman–Crippen LogP) is 3.06. The third-order valence-corrected chi connectivity index (χ3v) is 4.73. The second kappa shape index (κ2) is 9.17. The number of H-pyrrole nitrogens is 1. The Kier molecular flexibility index (Phi) is 6.42. The molecule has 0 spiro atoms. The molecule has 0 fully saturated rings. The first-order chi connectivity index (χ1) is 13.5. The number of benzene rings is 2. The van der Waals surface area contributed by atoms with Crippen LogP contribution >= 0.6 is 0 Å². The normalized spacial score (nSPS) is 10.8. The van der Waals surface area contributed by atoms with Crippen molar-refractivity contribution in [2.75, 3.05) is 19.6 Å². The van der Waals surface area contributed by atoms with Gasteiger partial charge in [0, 0.05) is 43.7 Å². The smallest absolute Gasteiger partial charge is 0.224 e. The number of rotatable bonds is 8. The van der Waals surface area contributed by atoms with Gasteiger partial charge in [0.25, 0.3) is 0 Å². The molecule has 0 saturated heterocycles.